The molecule has 1 aromatic rings. The molecule has 4 heteroatoms. The minimum atomic E-state index is -0.552. The van der Waals surface area contributed by atoms with E-state index >= 15 is 0 Å². The normalized spacial score (nSPS) is 46.3. The number of amides is 1. The zero-order valence-corrected chi connectivity index (χ0v) is 13.8. The molecule has 4 nitrogen and oxygen atoms in total. The van der Waals surface area contributed by atoms with Crippen LogP contribution in [0.15, 0.2) is 18.2 Å². The third kappa shape index (κ3) is 1.39. The fraction of sp³-hybridized carbons (Fsp3) is 0.632. The van der Waals surface area contributed by atoms with E-state index in [0.717, 1.165) is 24.1 Å². The minimum Gasteiger partial charge on any atom is -0.390 e. The molecule has 2 saturated heterocycles. The number of hydrogen-bond donors (Lipinski definition) is 1. The van der Waals surface area contributed by atoms with Crippen molar-refractivity contribution < 1.29 is 14.6 Å². The number of fused-ring (bicyclic) bond motifs is 2. The van der Waals surface area contributed by atoms with Crippen LogP contribution in [0.2, 0.25) is 0 Å². The lowest BCUT2D eigenvalue weighted by Gasteiger charge is -2.39. The Morgan fingerprint density at radius 2 is 2.13 bits per heavy atom. The van der Waals surface area contributed by atoms with Gasteiger partial charge in [0.1, 0.15) is 0 Å². The highest BCUT2D eigenvalue weighted by Gasteiger charge is 2.78. The third-order valence-electron chi connectivity index (χ3n) is 6.90. The van der Waals surface area contributed by atoms with Crippen molar-refractivity contribution in [3.8, 4) is 0 Å². The van der Waals surface area contributed by atoms with E-state index in [1.165, 1.54) is 5.56 Å². The SMILES string of the molecule is CC[C@]12O[C@@H]3[C@H](O)[C@H]4C[C@H]3[C@@H]1[C@H]4C(=O)N2c1ccc(C)cc1C. The average Bonchev–Trinajstić information content (AvgIpc) is 3.17. The molecule has 2 heterocycles. The van der Waals surface area contributed by atoms with Gasteiger partial charge in [0.15, 0.2) is 5.72 Å². The monoisotopic (exact) mass is 313 g/mol. The van der Waals surface area contributed by atoms with E-state index in [2.05, 4.69) is 39.0 Å². The number of ether oxygens (including phenoxy) is 1. The first-order chi connectivity index (χ1) is 11.0. The van der Waals surface area contributed by atoms with Crippen molar-refractivity contribution in [1.29, 1.82) is 0 Å². The van der Waals surface area contributed by atoms with Crippen LogP contribution in [0.1, 0.15) is 30.9 Å². The van der Waals surface area contributed by atoms with Gasteiger partial charge >= 0.3 is 0 Å². The average molecular weight is 313 g/mol. The summed E-state index contributed by atoms with van der Waals surface area (Å²) in [5.74, 6) is 0.786. The molecule has 2 aliphatic heterocycles. The first-order valence-electron chi connectivity index (χ1n) is 8.77. The van der Waals surface area contributed by atoms with Gasteiger partial charge in [-0.25, -0.2) is 0 Å². The number of benzene rings is 1. The van der Waals surface area contributed by atoms with E-state index in [4.69, 9.17) is 4.74 Å². The fourth-order valence-electron chi connectivity index (χ4n) is 6.14. The van der Waals surface area contributed by atoms with Gasteiger partial charge in [-0.1, -0.05) is 24.6 Å². The molecule has 0 radical (unpaired) electrons. The van der Waals surface area contributed by atoms with Crippen LogP contribution < -0.4 is 4.90 Å². The second kappa shape index (κ2) is 4.17. The van der Waals surface area contributed by atoms with E-state index in [-0.39, 0.29) is 29.8 Å². The van der Waals surface area contributed by atoms with E-state index < -0.39 is 11.8 Å². The Bertz CT molecular complexity index is 717. The Morgan fingerprint density at radius 1 is 1.35 bits per heavy atom. The Labute approximate surface area is 136 Å². The van der Waals surface area contributed by atoms with Gasteiger partial charge in [-0.3, -0.25) is 9.69 Å². The number of carbonyl (C=O) groups is 1. The summed E-state index contributed by atoms with van der Waals surface area (Å²) in [4.78, 5) is 15.2. The number of carbonyl (C=O) groups excluding carboxylic acids is 1. The van der Waals surface area contributed by atoms with Crippen LogP contribution in [0, 0.1) is 37.5 Å². The van der Waals surface area contributed by atoms with Crippen LogP contribution in [0.4, 0.5) is 5.69 Å². The number of aliphatic hydroxyl groups excluding tert-OH is 1. The number of aliphatic hydroxyl groups is 1. The van der Waals surface area contributed by atoms with Gasteiger partial charge in [0.2, 0.25) is 5.91 Å². The first kappa shape index (κ1) is 14.0. The lowest BCUT2D eigenvalue weighted by Crippen LogP contribution is -2.51. The fourth-order valence-corrected chi connectivity index (χ4v) is 6.14. The quantitative estimate of drug-likeness (QED) is 0.912. The molecule has 23 heavy (non-hydrogen) atoms. The predicted molar refractivity (Wildman–Crippen MR) is 85.9 cm³/mol. The maximum Gasteiger partial charge on any atom is 0.233 e. The largest absolute Gasteiger partial charge is 0.390 e. The molecule has 4 aliphatic rings. The molecule has 1 N–H and O–H groups in total. The summed E-state index contributed by atoms with van der Waals surface area (Å²) in [5, 5.41) is 10.5. The van der Waals surface area contributed by atoms with Gasteiger partial charge in [-0.15, -0.1) is 0 Å². The molecule has 5 rings (SSSR count). The van der Waals surface area contributed by atoms with Crippen molar-refractivity contribution in [3.05, 3.63) is 29.3 Å². The van der Waals surface area contributed by atoms with Crippen molar-refractivity contribution in [3.63, 3.8) is 0 Å². The molecule has 0 spiro atoms. The van der Waals surface area contributed by atoms with Gasteiger partial charge < -0.3 is 9.84 Å². The Hall–Kier alpha value is -1.39. The van der Waals surface area contributed by atoms with E-state index in [1.54, 1.807) is 0 Å². The topological polar surface area (TPSA) is 49.8 Å². The van der Waals surface area contributed by atoms with Gasteiger partial charge in [-0.05, 0) is 50.2 Å². The highest BCUT2D eigenvalue weighted by atomic mass is 16.6. The van der Waals surface area contributed by atoms with Gasteiger partial charge in [0.25, 0.3) is 0 Å². The van der Waals surface area contributed by atoms with Crippen LogP contribution in [-0.2, 0) is 9.53 Å². The zero-order valence-electron chi connectivity index (χ0n) is 13.8. The van der Waals surface area contributed by atoms with E-state index in [0.29, 0.717) is 5.92 Å². The molecule has 7 atom stereocenters. The number of nitrogens with zero attached hydrogens (tertiary/aromatic N) is 1. The number of hydrogen-bond acceptors (Lipinski definition) is 3. The van der Waals surface area contributed by atoms with Crippen molar-refractivity contribution >= 4 is 11.6 Å². The van der Waals surface area contributed by atoms with Gasteiger partial charge in [0, 0.05) is 11.6 Å². The van der Waals surface area contributed by atoms with Crippen LogP contribution in [-0.4, -0.2) is 28.9 Å². The highest BCUT2D eigenvalue weighted by Crippen LogP contribution is 2.68. The lowest BCUT2D eigenvalue weighted by atomic mass is 9.76. The van der Waals surface area contributed by atoms with Gasteiger partial charge in [0.05, 0.1) is 18.1 Å². The molecule has 2 aliphatic carbocycles. The van der Waals surface area contributed by atoms with Crippen LogP contribution in [0.25, 0.3) is 0 Å². The van der Waals surface area contributed by atoms with Crippen molar-refractivity contribution in [2.75, 3.05) is 4.90 Å². The summed E-state index contributed by atoms with van der Waals surface area (Å²) in [7, 11) is 0. The molecule has 0 aromatic heterocycles. The van der Waals surface area contributed by atoms with Crippen molar-refractivity contribution in [1.82, 2.24) is 0 Å². The van der Waals surface area contributed by atoms with Gasteiger partial charge in [-0.2, -0.15) is 0 Å². The maximum atomic E-state index is 13.3. The third-order valence-corrected chi connectivity index (χ3v) is 6.90. The molecular weight excluding hydrogens is 290 g/mol. The molecule has 0 unspecified atom stereocenters. The summed E-state index contributed by atoms with van der Waals surface area (Å²) in [6, 6.07) is 6.25. The van der Waals surface area contributed by atoms with E-state index in [1.807, 2.05) is 4.90 Å². The summed E-state index contributed by atoms with van der Waals surface area (Å²) in [5.41, 5.74) is 2.74. The molecule has 122 valence electrons. The number of anilines is 1. The van der Waals surface area contributed by atoms with Crippen LogP contribution in [0.5, 0.6) is 0 Å². The maximum absolute atomic E-state index is 13.3. The second-order valence-electron chi connectivity index (χ2n) is 7.85. The standard InChI is InChI=1S/C19H23NO3/c1-4-19-15-12-8-11(16(21)17(12)23-19)14(15)18(22)20(19)13-6-5-9(2)7-10(13)3/h5-7,11-12,14-17,21H,4,8H2,1-3H3/t11-,12-,14-,15+,16+,17-,19-/m0/s1. The summed E-state index contributed by atoms with van der Waals surface area (Å²) < 4.78 is 6.46. The van der Waals surface area contributed by atoms with Crippen molar-refractivity contribution in [2.24, 2.45) is 23.7 Å². The molecule has 1 aromatic carbocycles. The first-order valence-corrected chi connectivity index (χ1v) is 8.77. The lowest BCUT2D eigenvalue weighted by molar-refractivity contribution is -0.133. The van der Waals surface area contributed by atoms with Crippen molar-refractivity contribution in [2.45, 2.75) is 51.5 Å². The predicted octanol–water partition coefficient (Wildman–Crippen LogP) is 2.40. The minimum absolute atomic E-state index is 0.0607. The van der Waals surface area contributed by atoms with Crippen LogP contribution >= 0.6 is 0 Å². The zero-order chi connectivity index (χ0) is 16.1. The second-order valence-corrected chi connectivity index (χ2v) is 7.85. The molecule has 1 amide bonds. The number of rotatable bonds is 2. The summed E-state index contributed by atoms with van der Waals surface area (Å²) >= 11 is 0. The summed E-state index contributed by atoms with van der Waals surface area (Å²) in [6.45, 7) is 6.24. The molecule has 2 saturated carbocycles. The molecule has 2 bridgehead atoms. The Balaban J connectivity index is 1.69. The Morgan fingerprint density at radius 3 is 2.83 bits per heavy atom. The van der Waals surface area contributed by atoms with E-state index in [9.17, 15) is 9.90 Å². The summed E-state index contributed by atoms with van der Waals surface area (Å²) in [6.07, 6.45) is 1.19. The Kier molecular flexibility index (Phi) is 2.54. The molecule has 4 fully saturated rings. The van der Waals surface area contributed by atoms with Crippen LogP contribution in [0.3, 0.4) is 0 Å². The molecular formula is C19H23NO3. The highest BCUT2D eigenvalue weighted by molar-refractivity contribution is 6.01. The number of aryl methyl sites for hydroxylation is 2. The smallest absolute Gasteiger partial charge is 0.233 e.